The predicted molar refractivity (Wildman–Crippen MR) is 75.7 cm³/mol. The van der Waals surface area contributed by atoms with Crippen molar-refractivity contribution in [3.05, 3.63) is 46.2 Å². The van der Waals surface area contributed by atoms with Gasteiger partial charge in [0.25, 0.3) is 0 Å². The Balaban J connectivity index is 2.04. The monoisotopic (exact) mass is 277 g/mol. The van der Waals surface area contributed by atoms with E-state index in [1.54, 1.807) is 29.5 Å². The van der Waals surface area contributed by atoms with E-state index < -0.39 is 5.97 Å². The van der Waals surface area contributed by atoms with E-state index in [1.807, 2.05) is 11.4 Å². The summed E-state index contributed by atoms with van der Waals surface area (Å²) in [5, 5.41) is 2.03. The molecule has 0 unspecified atom stereocenters. The summed E-state index contributed by atoms with van der Waals surface area (Å²) in [5.41, 5.74) is 6.52. The third-order valence-corrected chi connectivity index (χ3v) is 3.53. The van der Waals surface area contributed by atoms with Crippen LogP contribution in [-0.2, 0) is 11.2 Å². The van der Waals surface area contributed by atoms with E-state index in [0.29, 0.717) is 23.6 Å². The maximum Gasteiger partial charge on any atom is 0.341 e. The number of anilines is 1. The molecule has 2 rings (SSSR count). The highest BCUT2D eigenvalue weighted by Gasteiger charge is 2.13. The van der Waals surface area contributed by atoms with Gasteiger partial charge in [0, 0.05) is 17.0 Å². The number of thiophene rings is 1. The molecule has 0 spiro atoms. The topological polar surface area (TPSA) is 61.5 Å². The zero-order valence-electron chi connectivity index (χ0n) is 10.6. The first-order valence-corrected chi connectivity index (χ1v) is 6.71. The van der Waals surface area contributed by atoms with Gasteiger partial charge in [-0.2, -0.15) is 0 Å². The maximum atomic E-state index is 11.6. The number of ether oxygens (including phenoxy) is 2. The van der Waals surface area contributed by atoms with Crippen molar-refractivity contribution in [2.75, 3.05) is 19.5 Å². The molecule has 0 atom stereocenters. The molecule has 0 bridgehead atoms. The molecule has 1 heterocycles. The first-order chi connectivity index (χ1) is 9.20. The highest BCUT2D eigenvalue weighted by molar-refractivity contribution is 7.09. The number of hydrogen-bond donors (Lipinski definition) is 1. The summed E-state index contributed by atoms with van der Waals surface area (Å²) in [7, 11) is 1.33. The quantitative estimate of drug-likeness (QED) is 0.674. The zero-order valence-corrected chi connectivity index (χ0v) is 11.4. The molecule has 0 radical (unpaired) electrons. The fourth-order valence-corrected chi connectivity index (χ4v) is 2.35. The third-order valence-electron chi connectivity index (χ3n) is 2.60. The van der Waals surface area contributed by atoms with Crippen molar-refractivity contribution < 1.29 is 14.3 Å². The molecule has 5 heteroatoms. The summed E-state index contributed by atoms with van der Waals surface area (Å²) in [5.74, 6) is 0.0519. The predicted octanol–water partition coefficient (Wildman–Crippen LogP) is 2.74. The van der Waals surface area contributed by atoms with E-state index in [-0.39, 0.29) is 0 Å². The Kier molecular flexibility index (Phi) is 4.41. The van der Waals surface area contributed by atoms with E-state index >= 15 is 0 Å². The lowest BCUT2D eigenvalue weighted by Gasteiger charge is -2.10. The van der Waals surface area contributed by atoms with E-state index in [1.165, 1.54) is 12.0 Å². The van der Waals surface area contributed by atoms with Gasteiger partial charge in [0.05, 0.1) is 13.7 Å². The number of benzene rings is 1. The van der Waals surface area contributed by atoms with Crippen molar-refractivity contribution in [1.82, 2.24) is 0 Å². The summed E-state index contributed by atoms with van der Waals surface area (Å²) in [6.07, 6.45) is 0.808. The minimum absolute atomic E-state index is 0.355. The van der Waals surface area contributed by atoms with Gasteiger partial charge in [-0.05, 0) is 29.6 Å². The summed E-state index contributed by atoms with van der Waals surface area (Å²) in [4.78, 5) is 12.9. The van der Waals surface area contributed by atoms with Crippen LogP contribution in [0.25, 0.3) is 0 Å². The van der Waals surface area contributed by atoms with Gasteiger partial charge in [-0.1, -0.05) is 6.07 Å². The van der Waals surface area contributed by atoms with E-state index in [0.717, 1.165) is 6.42 Å². The SMILES string of the molecule is COC(=O)c1cc(N)ccc1OCCc1cccs1. The molecule has 4 nitrogen and oxygen atoms in total. The number of carbonyl (C=O) groups excluding carboxylic acids is 1. The number of nitrogen functional groups attached to an aromatic ring is 1. The second kappa shape index (κ2) is 6.24. The van der Waals surface area contributed by atoms with Gasteiger partial charge in [-0.15, -0.1) is 11.3 Å². The van der Waals surface area contributed by atoms with Crippen LogP contribution in [0.15, 0.2) is 35.7 Å². The Hall–Kier alpha value is -2.01. The molecule has 0 aliphatic rings. The molecule has 0 saturated heterocycles. The Morgan fingerprint density at radius 3 is 2.89 bits per heavy atom. The first-order valence-electron chi connectivity index (χ1n) is 5.83. The van der Waals surface area contributed by atoms with Gasteiger partial charge in [0.1, 0.15) is 11.3 Å². The summed E-state index contributed by atoms with van der Waals surface area (Å²) >= 11 is 1.68. The smallest absolute Gasteiger partial charge is 0.341 e. The van der Waals surface area contributed by atoms with Crippen LogP contribution in [0.4, 0.5) is 5.69 Å². The fraction of sp³-hybridized carbons (Fsp3) is 0.214. The van der Waals surface area contributed by atoms with Crippen LogP contribution in [0.1, 0.15) is 15.2 Å². The van der Waals surface area contributed by atoms with Crippen LogP contribution in [0.2, 0.25) is 0 Å². The van der Waals surface area contributed by atoms with Gasteiger partial charge >= 0.3 is 5.97 Å². The molecule has 0 amide bonds. The van der Waals surface area contributed by atoms with Crippen molar-refractivity contribution >= 4 is 23.0 Å². The van der Waals surface area contributed by atoms with Crippen LogP contribution >= 0.6 is 11.3 Å². The van der Waals surface area contributed by atoms with Crippen LogP contribution in [-0.4, -0.2) is 19.7 Å². The summed E-state index contributed by atoms with van der Waals surface area (Å²) in [6, 6.07) is 9.01. The number of hydrogen-bond acceptors (Lipinski definition) is 5. The molecular weight excluding hydrogens is 262 g/mol. The number of methoxy groups -OCH3 is 1. The molecule has 0 aliphatic heterocycles. The molecule has 0 aliphatic carbocycles. The van der Waals surface area contributed by atoms with Gasteiger partial charge in [0.2, 0.25) is 0 Å². The highest BCUT2D eigenvalue weighted by atomic mass is 32.1. The zero-order chi connectivity index (χ0) is 13.7. The van der Waals surface area contributed by atoms with Crippen molar-refractivity contribution in [3.63, 3.8) is 0 Å². The van der Waals surface area contributed by atoms with Crippen molar-refractivity contribution in [3.8, 4) is 5.75 Å². The molecule has 100 valence electrons. The maximum absolute atomic E-state index is 11.6. The first kappa shape index (κ1) is 13.4. The van der Waals surface area contributed by atoms with Crippen LogP contribution in [0.3, 0.4) is 0 Å². The largest absolute Gasteiger partial charge is 0.492 e. The Morgan fingerprint density at radius 2 is 2.21 bits per heavy atom. The minimum atomic E-state index is -0.446. The Labute approximate surface area is 115 Å². The van der Waals surface area contributed by atoms with E-state index in [4.69, 9.17) is 15.2 Å². The number of rotatable bonds is 5. The molecule has 0 saturated carbocycles. The molecule has 2 N–H and O–H groups in total. The highest BCUT2D eigenvalue weighted by Crippen LogP contribution is 2.22. The van der Waals surface area contributed by atoms with Gasteiger partial charge < -0.3 is 15.2 Å². The average molecular weight is 277 g/mol. The van der Waals surface area contributed by atoms with E-state index in [2.05, 4.69) is 6.07 Å². The normalized spacial score (nSPS) is 10.2. The molecule has 0 fully saturated rings. The Morgan fingerprint density at radius 1 is 1.37 bits per heavy atom. The van der Waals surface area contributed by atoms with Crippen molar-refractivity contribution in [1.29, 1.82) is 0 Å². The number of esters is 1. The van der Waals surface area contributed by atoms with Crippen LogP contribution < -0.4 is 10.5 Å². The van der Waals surface area contributed by atoms with Gasteiger partial charge in [-0.25, -0.2) is 4.79 Å². The Bertz CT molecular complexity index is 552. The standard InChI is InChI=1S/C14H15NO3S/c1-17-14(16)12-9-10(15)4-5-13(12)18-7-6-11-3-2-8-19-11/h2-5,8-9H,6-7,15H2,1H3. The lowest BCUT2D eigenvalue weighted by molar-refractivity contribution is 0.0596. The van der Waals surface area contributed by atoms with Gasteiger partial charge in [0.15, 0.2) is 0 Å². The number of carbonyl (C=O) groups is 1. The molecule has 1 aromatic carbocycles. The van der Waals surface area contributed by atoms with Crippen molar-refractivity contribution in [2.45, 2.75) is 6.42 Å². The summed E-state index contributed by atoms with van der Waals surface area (Å²) < 4.78 is 10.4. The second-order valence-electron chi connectivity index (χ2n) is 3.93. The molecular formula is C14H15NO3S. The second-order valence-corrected chi connectivity index (χ2v) is 4.96. The fourth-order valence-electron chi connectivity index (χ4n) is 1.66. The van der Waals surface area contributed by atoms with Crippen LogP contribution in [0, 0.1) is 0 Å². The van der Waals surface area contributed by atoms with Crippen molar-refractivity contribution in [2.24, 2.45) is 0 Å². The lowest BCUT2D eigenvalue weighted by atomic mass is 10.2. The summed E-state index contributed by atoms with van der Waals surface area (Å²) in [6.45, 7) is 0.508. The molecule has 1 aromatic heterocycles. The lowest BCUT2D eigenvalue weighted by Crippen LogP contribution is -2.08. The van der Waals surface area contributed by atoms with E-state index in [9.17, 15) is 4.79 Å². The minimum Gasteiger partial charge on any atom is -0.492 e. The molecule has 2 aromatic rings. The number of nitrogens with two attached hydrogens (primary N) is 1. The van der Waals surface area contributed by atoms with Crippen LogP contribution in [0.5, 0.6) is 5.75 Å². The van der Waals surface area contributed by atoms with Gasteiger partial charge in [-0.3, -0.25) is 0 Å². The average Bonchev–Trinajstić information content (AvgIpc) is 2.92. The molecule has 19 heavy (non-hydrogen) atoms. The third kappa shape index (κ3) is 3.48.